The number of aliphatic hydroxyl groups is 1. The lowest BCUT2D eigenvalue weighted by atomic mass is 9.87. The number of nitrogens with zero attached hydrogens (tertiary/aromatic N) is 1. The van der Waals surface area contributed by atoms with E-state index in [4.69, 9.17) is 23.7 Å². The van der Waals surface area contributed by atoms with E-state index in [-0.39, 0.29) is 19.6 Å². The molecule has 160 valence electrons. The lowest BCUT2D eigenvalue weighted by Gasteiger charge is -2.37. The van der Waals surface area contributed by atoms with Crippen LogP contribution in [0.25, 0.3) is 0 Å². The maximum absolute atomic E-state index is 10.9. The van der Waals surface area contributed by atoms with Gasteiger partial charge in [-0.3, -0.25) is 4.90 Å². The molecule has 2 atom stereocenters. The zero-order chi connectivity index (χ0) is 20.7. The number of fused-ring (bicyclic) bond motifs is 3. The molecule has 0 aromatic heterocycles. The number of hydrogen-bond donors (Lipinski definition) is 1. The van der Waals surface area contributed by atoms with Crippen LogP contribution < -0.4 is 23.7 Å². The van der Waals surface area contributed by atoms with Gasteiger partial charge >= 0.3 is 0 Å². The van der Waals surface area contributed by atoms with Crippen molar-refractivity contribution in [1.29, 1.82) is 0 Å². The van der Waals surface area contributed by atoms with Gasteiger partial charge in [-0.15, -0.1) is 0 Å². The highest BCUT2D eigenvalue weighted by Crippen LogP contribution is 2.50. The van der Waals surface area contributed by atoms with E-state index in [0.29, 0.717) is 18.6 Å². The summed E-state index contributed by atoms with van der Waals surface area (Å²) in [5.41, 5.74) is 3.46. The first-order chi connectivity index (χ1) is 14.6. The summed E-state index contributed by atoms with van der Waals surface area (Å²) in [6.07, 6.45) is 2.56. The number of hydrogen-bond acceptors (Lipinski definition) is 7. The van der Waals surface area contributed by atoms with Gasteiger partial charge in [0.05, 0.1) is 13.2 Å². The van der Waals surface area contributed by atoms with Crippen molar-refractivity contribution in [3.63, 3.8) is 0 Å². The predicted molar refractivity (Wildman–Crippen MR) is 110 cm³/mol. The van der Waals surface area contributed by atoms with Crippen LogP contribution in [0.3, 0.4) is 0 Å². The lowest BCUT2D eigenvalue weighted by Crippen LogP contribution is -2.34. The Labute approximate surface area is 176 Å². The first kappa shape index (κ1) is 19.3. The SMILES string of the molecule is COc1c2c(cc3c1[C@H](C[C@H](O)CCc1ccc4c(c1)OCO4)N(C)CC3)OCO2. The highest BCUT2D eigenvalue weighted by Gasteiger charge is 2.34. The Balaban J connectivity index is 1.32. The molecule has 0 amide bonds. The summed E-state index contributed by atoms with van der Waals surface area (Å²) in [7, 11) is 3.77. The minimum atomic E-state index is -0.441. The molecule has 0 fully saturated rings. The fraction of sp³-hybridized carbons (Fsp3) is 0.478. The number of benzene rings is 2. The van der Waals surface area contributed by atoms with Gasteiger partial charge in [0, 0.05) is 18.2 Å². The smallest absolute Gasteiger partial charge is 0.231 e. The van der Waals surface area contributed by atoms with Crippen LogP contribution in [-0.2, 0) is 12.8 Å². The monoisotopic (exact) mass is 413 g/mol. The molecule has 3 aliphatic heterocycles. The van der Waals surface area contributed by atoms with E-state index in [1.165, 1.54) is 5.56 Å². The summed E-state index contributed by atoms with van der Waals surface area (Å²) in [5.74, 6) is 3.72. The summed E-state index contributed by atoms with van der Waals surface area (Å²) >= 11 is 0. The van der Waals surface area contributed by atoms with Gasteiger partial charge in [0.25, 0.3) is 0 Å². The molecule has 7 nitrogen and oxygen atoms in total. The Bertz CT molecular complexity index is 946. The highest BCUT2D eigenvalue weighted by molar-refractivity contribution is 5.61. The molecule has 3 aliphatic rings. The minimum Gasteiger partial charge on any atom is -0.492 e. The van der Waals surface area contributed by atoms with Crippen molar-refractivity contribution in [2.75, 3.05) is 34.3 Å². The molecule has 0 aliphatic carbocycles. The van der Waals surface area contributed by atoms with E-state index in [1.54, 1.807) is 7.11 Å². The second-order valence-corrected chi connectivity index (χ2v) is 8.08. The lowest BCUT2D eigenvalue weighted by molar-refractivity contribution is 0.101. The highest BCUT2D eigenvalue weighted by atomic mass is 16.7. The molecular formula is C23H27NO6. The Morgan fingerprint density at radius 1 is 1.10 bits per heavy atom. The van der Waals surface area contributed by atoms with Crippen molar-refractivity contribution in [3.05, 3.63) is 41.0 Å². The number of ether oxygens (including phenoxy) is 5. The molecule has 3 heterocycles. The van der Waals surface area contributed by atoms with Crippen molar-refractivity contribution in [2.24, 2.45) is 0 Å². The van der Waals surface area contributed by atoms with Gasteiger partial charge in [0.1, 0.15) is 0 Å². The van der Waals surface area contributed by atoms with Gasteiger partial charge in [-0.05, 0) is 62.1 Å². The minimum absolute atomic E-state index is 0.0601. The fourth-order valence-electron chi connectivity index (χ4n) is 4.63. The molecule has 2 aromatic rings. The number of rotatable bonds is 6. The average molecular weight is 413 g/mol. The molecule has 0 radical (unpaired) electrons. The normalized spacial score (nSPS) is 20.2. The van der Waals surface area contributed by atoms with Gasteiger partial charge in [-0.2, -0.15) is 0 Å². The van der Waals surface area contributed by atoms with Crippen molar-refractivity contribution < 1.29 is 28.8 Å². The van der Waals surface area contributed by atoms with E-state index in [2.05, 4.69) is 18.0 Å². The topological polar surface area (TPSA) is 69.6 Å². The summed E-state index contributed by atoms with van der Waals surface area (Å²) in [4.78, 5) is 2.29. The molecule has 0 bridgehead atoms. The van der Waals surface area contributed by atoms with Crippen LogP contribution in [0.15, 0.2) is 24.3 Å². The van der Waals surface area contributed by atoms with Crippen molar-refractivity contribution in [3.8, 4) is 28.7 Å². The van der Waals surface area contributed by atoms with Gasteiger partial charge in [-0.25, -0.2) is 0 Å². The summed E-state index contributed by atoms with van der Waals surface area (Å²) in [5, 5.41) is 10.9. The van der Waals surface area contributed by atoms with Crippen molar-refractivity contribution in [1.82, 2.24) is 4.90 Å². The van der Waals surface area contributed by atoms with Crippen LogP contribution in [0.1, 0.15) is 35.6 Å². The second-order valence-electron chi connectivity index (χ2n) is 8.08. The number of aliphatic hydroxyl groups excluding tert-OH is 1. The van der Waals surface area contributed by atoms with Crippen LogP contribution in [0.5, 0.6) is 28.7 Å². The third kappa shape index (κ3) is 3.42. The maximum Gasteiger partial charge on any atom is 0.231 e. The Morgan fingerprint density at radius 3 is 2.77 bits per heavy atom. The largest absolute Gasteiger partial charge is 0.492 e. The molecular weight excluding hydrogens is 386 g/mol. The van der Waals surface area contributed by atoms with E-state index in [1.807, 2.05) is 18.2 Å². The van der Waals surface area contributed by atoms with E-state index in [0.717, 1.165) is 53.5 Å². The first-order valence-corrected chi connectivity index (χ1v) is 10.4. The quantitative estimate of drug-likeness (QED) is 0.781. The van der Waals surface area contributed by atoms with Crippen LogP contribution in [-0.4, -0.2) is 50.4 Å². The summed E-state index contributed by atoms with van der Waals surface area (Å²) in [6.45, 7) is 1.41. The Morgan fingerprint density at radius 2 is 1.90 bits per heavy atom. The molecule has 30 heavy (non-hydrogen) atoms. The van der Waals surface area contributed by atoms with Gasteiger partial charge in [-0.1, -0.05) is 6.07 Å². The molecule has 5 rings (SSSR count). The van der Waals surface area contributed by atoms with Crippen LogP contribution in [0.4, 0.5) is 0 Å². The first-order valence-electron chi connectivity index (χ1n) is 10.4. The maximum atomic E-state index is 10.9. The van der Waals surface area contributed by atoms with E-state index >= 15 is 0 Å². The third-order valence-corrected chi connectivity index (χ3v) is 6.25. The third-order valence-electron chi connectivity index (χ3n) is 6.25. The molecule has 0 spiro atoms. The summed E-state index contributed by atoms with van der Waals surface area (Å²) in [6, 6.07) is 8.10. The van der Waals surface area contributed by atoms with Gasteiger partial charge in [0.15, 0.2) is 23.0 Å². The zero-order valence-corrected chi connectivity index (χ0v) is 17.3. The Kier molecular flexibility index (Phi) is 5.08. The molecule has 0 saturated heterocycles. The average Bonchev–Trinajstić information content (AvgIpc) is 3.41. The van der Waals surface area contributed by atoms with Gasteiger partial charge in [0.2, 0.25) is 19.3 Å². The van der Waals surface area contributed by atoms with Gasteiger partial charge < -0.3 is 28.8 Å². The second kappa shape index (κ2) is 7.89. The van der Waals surface area contributed by atoms with Crippen LogP contribution in [0.2, 0.25) is 0 Å². The van der Waals surface area contributed by atoms with Crippen LogP contribution in [0, 0.1) is 0 Å². The Hall–Kier alpha value is -2.64. The van der Waals surface area contributed by atoms with Crippen LogP contribution >= 0.6 is 0 Å². The summed E-state index contributed by atoms with van der Waals surface area (Å²) < 4.78 is 27.8. The van der Waals surface area contributed by atoms with Crippen molar-refractivity contribution in [2.45, 2.75) is 37.8 Å². The number of methoxy groups -OCH3 is 1. The van der Waals surface area contributed by atoms with E-state index < -0.39 is 6.10 Å². The molecule has 0 unspecified atom stereocenters. The number of likely N-dealkylation sites (N-methyl/N-ethyl adjacent to an activating group) is 1. The zero-order valence-electron chi connectivity index (χ0n) is 17.3. The fourth-order valence-corrected chi connectivity index (χ4v) is 4.63. The number of aryl methyl sites for hydroxylation is 1. The standard InChI is InChI=1S/C23H27NO6/c1-24-8-7-15-10-20-22(30-13-29-20)23(26-2)21(15)17(24)11-16(25)5-3-14-4-6-18-19(9-14)28-12-27-18/h4,6,9-10,16-17,25H,3,5,7-8,11-13H2,1-2H3/t16-,17+/m1/s1. The molecule has 1 N–H and O–H groups in total. The van der Waals surface area contributed by atoms with E-state index in [9.17, 15) is 5.11 Å². The molecule has 2 aromatic carbocycles. The molecule has 7 heteroatoms. The predicted octanol–water partition coefficient (Wildman–Crippen LogP) is 3.07. The van der Waals surface area contributed by atoms with Crippen molar-refractivity contribution >= 4 is 0 Å². The molecule has 0 saturated carbocycles.